The number of hydrogen-bond donors (Lipinski definition) is 0. The quantitative estimate of drug-likeness (QED) is 0.841. The molecule has 1 atom stereocenters. The number of carbonyl (C=O) groups excluding carboxylic acids is 1. The zero-order valence-electron chi connectivity index (χ0n) is 11.8. The molecule has 1 aromatic heterocycles. The van der Waals surface area contributed by atoms with Crippen molar-refractivity contribution in [3.63, 3.8) is 0 Å². The van der Waals surface area contributed by atoms with E-state index in [9.17, 15) is 4.79 Å². The first-order valence-electron chi connectivity index (χ1n) is 7.21. The zero-order chi connectivity index (χ0) is 14.0. The standard InChI is InChI=1S/C15H21NO3S/c1-18-13-2-8-19-15(10-13)4-6-16(7-5-15)14(17)12-3-9-20-11-12/h3,9,11,13H,2,4-8,10H2,1H3. The monoisotopic (exact) mass is 295 g/mol. The molecule has 1 unspecified atom stereocenters. The first-order chi connectivity index (χ1) is 9.72. The van der Waals surface area contributed by atoms with Crippen LogP contribution in [0.5, 0.6) is 0 Å². The SMILES string of the molecule is COC1CCOC2(CCN(C(=O)c3ccsc3)CC2)C1. The molecular formula is C15H21NO3S. The minimum atomic E-state index is -0.0651. The third-order valence-electron chi connectivity index (χ3n) is 4.51. The van der Waals surface area contributed by atoms with Crippen molar-refractivity contribution in [3.8, 4) is 0 Å². The molecule has 2 fully saturated rings. The molecule has 0 radical (unpaired) electrons. The molecule has 0 N–H and O–H groups in total. The van der Waals surface area contributed by atoms with Gasteiger partial charge in [-0.3, -0.25) is 4.79 Å². The molecule has 0 aliphatic carbocycles. The molecule has 2 aliphatic rings. The summed E-state index contributed by atoms with van der Waals surface area (Å²) in [5.41, 5.74) is 0.745. The number of amides is 1. The van der Waals surface area contributed by atoms with Crippen LogP contribution >= 0.6 is 11.3 Å². The Hall–Kier alpha value is -0.910. The van der Waals surface area contributed by atoms with E-state index in [0.29, 0.717) is 6.10 Å². The fraction of sp³-hybridized carbons (Fsp3) is 0.667. The van der Waals surface area contributed by atoms with Crippen LogP contribution in [0.25, 0.3) is 0 Å². The molecule has 1 aromatic rings. The van der Waals surface area contributed by atoms with E-state index in [-0.39, 0.29) is 11.5 Å². The number of hydrogen-bond acceptors (Lipinski definition) is 4. The summed E-state index contributed by atoms with van der Waals surface area (Å²) in [7, 11) is 1.78. The van der Waals surface area contributed by atoms with Crippen molar-refractivity contribution in [1.29, 1.82) is 0 Å². The number of likely N-dealkylation sites (tertiary alicyclic amines) is 1. The third kappa shape index (κ3) is 2.75. The van der Waals surface area contributed by atoms with Gasteiger partial charge in [0.1, 0.15) is 0 Å². The highest BCUT2D eigenvalue weighted by Gasteiger charge is 2.41. The molecule has 0 saturated carbocycles. The Bertz CT molecular complexity index is 452. The van der Waals surface area contributed by atoms with Crippen LogP contribution in [0, 0.1) is 0 Å². The molecule has 20 heavy (non-hydrogen) atoms. The Morgan fingerprint density at radius 3 is 2.95 bits per heavy atom. The molecule has 1 amide bonds. The summed E-state index contributed by atoms with van der Waals surface area (Å²) in [4.78, 5) is 14.3. The predicted octanol–water partition coefficient (Wildman–Crippen LogP) is 2.55. The van der Waals surface area contributed by atoms with Gasteiger partial charge in [-0.1, -0.05) is 0 Å². The van der Waals surface area contributed by atoms with Gasteiger partial charge in [0.25, 0.3) is 5.91 Å². The lowest BCUT2D eigenvalue weighted by molar-refractivity contribution is -0.146. The summed E-state index contributed by atoms with van der Waals surface area (Å²) < 4.78 is 11.5. The Morgan fingerprint density at radius 2 is 2.30 bits per heavy atom. The third-order valence-corrected chi connectivity index (χ3v) is 5.19. The van der Waals surface area contributed by atoms with Crippen molar-refractivity contribution in [2.75, 3.05) is 26.8 Å². The Balaban J connectivity index is 1.60. The molecule has 4 nitrogen and oxygen atoms in total. The highest BCUT2D eigenvalue weighted by molar-refractivity contribution is 7.08. The van der Waals surface area contributed by atoms with Gasteiger partial charge in [-0.05, 0) is 30.7 Å². The number of rotatable bonds is 2. The Labute approximate surface area is 123 Å². The van der Waals surface area contributed by atoms with Crippen molar-refractivity contribution in [3.05, 3.63) is 22.4 Å². The Morgan fingerprint density at radius 1 is 1.50 bits per heavy atom. The van der Waals surface area contributed by atoms with E-state index in [4.69, 9.17) is 9.47 Å². The highest BCUT2D eigenvalue weighted by Crippen LogP contribution is 2.36. The summed E-state index contributed by atoms with van der Waals surface area (Å²) in [6.07, 6.45) is 4.09. The van der Waals surface area contributed by atoms with Gasteiger partial charge in [-0.2, -0.15) is 11.3 Å². The molecule has 110 valence electrons. The maximum Gasteiger partial charge on any atom is 0.254 e. The van der Waals surface area contributed by atoms with Crippen LogP contribution < -0.4 is 0 Å². The van der Waals surface area contributed by atoms with Crippen LogP contribution in [0.15, 0.2) is 16.8 Å². The van der Waals surface area contributed by atoms with Gasteiger partial charge < -0.3 is 14.4 Å². The van der Waals surface area contributed by atoms with E-state index in [1.807, 2.05) is 21.7 Å². The van der Waals surface area contributed by atoms with Crippen LogP contribution in [0.1, 0.15) is 36.0 Å². The number of nitrogens with zero attached hydrogens (tertiary/aromatic N) is 1. The highest BCUT2D eigenvalue weighted by atomic mass is 32.1. The average molecular weight is 295 g/mol. The first-order valence-corrected chi connectivity index (χ1v) is 8.15. The average Bonchev–Trinajstić information content (AvgIpc) is 3.02. The number of thiophene rings is 1. The summed E-state index contributed by atoms with van der Waals surface area (Å²) in [6, 6.07) is 1.90. The lowest BCUT2D eigenvalue weighted by Gasteiger charge is -2.45. The van der Waals surface area contributed by atoms with E-state index in [1.165, 1.54) is 0 Å². The van der Waals surface area contributed by atoms with Crippen LogP contribution in [-0.2, 0) is 9.47 Å². The summed E-state index contributed by atoms with van der Waals surface area (Å²) >= 11 is 1.57. The van der Waals surface area contributed by atoms with Crippen LogP contribution in [0.2, 0.25) is 0 Å². The summed E-state index contributed by atoms with van der Waals surface area (Å²) in [5.74, 6) is 0.153. The number of carbonyl (C=O) groups is 1. The van der Waals surface area contributed by atoms with Crippen LogP contribution in [0.3, 0.4) is 0 Å². The van der Waals surface area contributed by atoms with Gasteiger partial charge in [0.15, 0.2) is 0 Å². The topological polar surface area (TPSA) is 38.8 Å². The molecule has 2 saturated heterocycles. The molecule has 0 aromatic carbocycles. The maximum atomic E-state index is 12.3. The molecule has 3 rings (SSSR count). The van der Waals surface area contributed by atoms with E-state index in [1.54, 1.807) is 18.4 Å². The van der Waals surface area contributed by atoms with Gasteiger partial charge in [0.05, 0.1) is 17.3 Å². The lowest BCUT2D eigenvalue weighted by atomic mass is 9.83. The fourth-order valence-corrected chi connectivity index (χ4v) is 3.85. The minimum absolute atomic E-state index is 0.0651. The smallest absolute Gasteiger partial charge is 0.254 e. The van der Waals surface area contributed by atoms with E-state index in [2.05, 4.69) is 0 Å². The van der Waals surface area contributed by atoms with Gasteiger partial charge >= 0.3 is 0 Å². The summed E-state index contributed by atoms with van der Waals surface area (Å²) in [6.45, 7) is 2.34. The van der Waals surface area contributed by atoms with Crippen molar-refractivity contribution < 1.29 is 14.3 Å². The number of ether oxygens (including phenoxy) is 2. The largest absolute Gasteiger partial charge is 0.381 e. The van der Waals surface area contributed by atoms with Gasteiger partial charge in [0.2, 0.25) is 0 Å². The van der Waals surface area contributed by atoms with E-state index in [0.717, 1.165) is 50.9 Å². The molecular weight excluding hydrogens is 274 g/mol. The Kier molecular flexibility index (Phi) is 4.10. The molecule has 5 heteroatoms. The minimum Gasteiger partial charge on any atom is -0.381 e. The van der Waals surface area contributed by atoms with Crippen molar-refractivity contribution in [1.82, 2.24) is 4.90 Å². The molecule has 1 spiro atoms. The number of piperidine rings is 1. The zero-order valence-corrected chi connectivity index (χ0v) is 12.7. The normalized spacial score (nSPS) is 25.9. The summed E-state index contributed by atoms with van der Waals surface area (Å²) in [5, 5.41) is 3.87. The lowest BCUT2D eigenvalue weighted by Crippen LogP contribution is -2.51. The molecule has 0 bridgehead atoms. The van der Waals surface area contributed by atoms with Gasteiger partial charge in [0, 0.05) is 38.6 Å². The second-order valence-electron chi connectivity index (χ2n) is 5.69. The van der Waals surface area contributed by atoms with Gasteiger partial charge in [-0.15, -0.1) is 0 Å². The second kappa shape index (κ2) is 5.84. The van der Waals surface area contributed by atoms with Gasteiger partial charge in [-0.25, -0.2) is 0 Å². The second-order valence-corrected chi connectivity index (χ2v) is 6.47. The maximum absolute atomic E-state index is 12.3. The van der Waals surface area contributed by atoms with Crippen molar-refractivity contribution >= 4 is 17.2 Å². The molecule has 2 aliphatic heterocycles. The fourth-order valence-electron chi connectivity index (χ4n) is 3.22. The van der Waals surface area contributed by atoms with Crippen molar-refractivity contribution in [2.45, 2.75) is 37.4 Å². The van der Waals surface area contributed by atoms with Crippen LogP contribution in [-0.4, -0.2) is 49.3 Å². The van der Waals surface area contributed by atoms with E-state index < -0.39 is 0 Å². The van der Waals surface area contributed by atoms with Crippen LogP contribution in [0.4, 0.5) is 0 Å². The van der Waals surface area contributed by atoms with E-state index >= 15 is 0 Å². The first kappa shape index (κ1) is 14.0. The number of methoxy groups -OCH3 is 1. The predicted molar refractivity (Wildman–Crippen MR) is 78.2 cm³/mol. The molecule has 3 heterocycles. The van der Waals surface area contributed by atoms with Crippen molar-refractivity contribution in [2.24, 2.45) is 0 Å².